The number of aromatic nitrogens is 3. The Morgan fingerprint density at radius 3 is 2.50 bits per heavy atom. The predicted octanol–water partition coefficient (Wildman–Crippen LogP) is 4.96. The van der Waals surface area contributed by atoms with E-state index in [4.69, 9.17) is 4.52 Å². The van der Waals surface area contributed by atoms with Crippen LogP contribution in [0, 0.1) is 0 Å². The molecule has 7 heteroatoms. The zero-order valence-electron chi connectivity index (χ0n) is 15.9. The number of amides is 2. The number of nitrogens with one attached hydrogen (secondary N) is 2. The summed E-state index contributed by atoms with van der Waals surface area (Å²) in [6, 6.07) is 16.8. The summed E-state index contributed by atoms with van der Waals surface area (Å²) in [6.45, 7) is 6.05. The Labute approximate surface area is 162 Å². The van der Waals surface area contributed by atoms with Crippen LogP contribution in [0.3, 0.4) is 0 Å². The van der Waals surface area contributed by atoms with E-state index in [9.17, 15) is 4.79 Å². The van der Waals surface area contributed by atoms with Crippen LogP contribution in [-0.4, -0.2) is 21.0 Å². The van der Waals surface area contributed by atoms with E-state index in [1.807, 2.05) is 80.2 Å². The average Bonchev–Trinajstić information content (AvgIpc) is 3.29. The van der Waals surface area contributed by atoms with Gasteiger partial charge in [-0.05, 0) is 30.3 Å². The molecule has 0 fully saturated rings. The largest absolute Gasteiger partial charge is 0.359 e. The lowest BCUT2D eigenvalue weighted by atomic mass is 9.93. The lowest BCUT2D eigenvalue weighted by molar-refractivity contribution is 0.262. The fraction of sp³-hybridized carbons (Fsp3) is 0.190. The molecule has 0 atom stereocenters. The first kappa shape index (κ1) is 17.8. The molecule has 0 saturated carbocycles. The molecule has 2 aromatic heterocycles. The molecule has 142 valence electrons. The highest BCUT2D eigenvalue weighted by atomic mass is 16.5. The highest BCUT2D eigenvalue weighted by molar-refractivity contribution is 5.99. The molecule has 4 aromatic rings. The van der Waals surface area contributed by atoms with Crippen molar-refractivity contribution in [3.63, 3.8) is 0 Å². The lowest BCUT2D eigenvalue weighted by Crippen LogP contribution is -2.19. The third kappa shape index (κ3) is 3.59. The van der Waals surface area contributed by atoms with Gasteiger partial charge in [0.25, 0.3) is 0 Å². The second-order valence-electron chi connectivity index (χ2n) is 7.57. The molecule has 0 saturated heterocycles. The molecule has 7 nitrogen and oxygen atoms in total. The van der Waals surface area contributed by atoms with E-state index in [1.54, 1.807) is 6.07 Å². The fourth-order valence-electron chi connectivity index (χ4n) is 2.83. The molecule has 4 rings (SSSR count). The first-order chi connectivity index (χ1) is 13.4. The number of para-hydroxylation sites is 1. The molecule has 0 radical (unpaired) electrons. The Morgan fingerprint density at radius 1 is 1.04 bits per heavy atom. The average molecular weight is 375 g/mol. The predicted molar refractivity (Wildman–Crippen MR) is 109 cm³/mol. The number of anilines is 2. The van der Waals surface area contributed by atoms with Crippen LogP contribution in [-0.2, 0) is 5.41 Å². The van der Waals surface area contributed by atoms with Crippen molar-refractivity contribution in [2.75, 3.05) is 10.6 Å². The van der Waals surface area contributed by atoms with Crippen molar-refractivity contribution >= 4 is 28.4 Å². The number of fused-ring (bicyclic) bond motifs is 1. The molecule has 2 amide bonds. The highest BCUT2D eigenvalue weighted by Gasteiger charge is 2.20. The van der Waals surface area contributed by atoms with Gasteiger partial charge in [0.1, 0.15) is 5.76 Å². The number of nitrogens with zero attached hydrogens (tertiary/aromatic N) is 3. The quantitative estimate of drug-likeness (QED) is 0.530. The molecule has 0 aliphatic rings. The van der Waals surface area contributed by atoms with E-state index in [-0.39, 0.29) is 11.4 Å². The summed E-state index contributed by atoms with van der Waals surface area (Å²) >= 11 is 0. The van der Waals surface area contributed by atoms with Gasteiger partial charge in [-0.25, -0.2) is 9.48 Å². The first-order valence-corrected chi connectivity index (χ1v) is 8.98. The van der Waals surface area contributed by atoms with Crippen molar-refractivity contribution in [3.05, 3.63) is 66.6 Å². The van der Waals surface area contributed by atoms with E-state index in [0.29, 0.717) is 17.3 Å². The van der Waals surface area contributed by atoms with Crippen molar-refractivity contribution in [1.29, 1.82) is 0 Å². The molecule has 2 N–H and O–H groups in total. The zero-order chi connectivity index (χ0) is 19.7. The molecule has 2 aromatic carbocycles. The van der Waals surface area contributed by atoms with Crippen LogP contribution in [0.15, 0.2) is 65.3 Å². The zero-order valence-corrected chi connectivity index (χ0v) is 15.9. The second kappa shape index (κ2) is 6.84. The van der Waals surface area contributed by atoms with Gasteiger partial charge in [-0.15, -0.1) is 0 Å². The maximum atomic E-state index is 12.2. The summed E-state index contributed by atoms with van der Waals surface area (Å²) < 4.78 is 7.13. The number of carbonyl (C=O) groups excluding carboxylic acids is 1. The Balaban J connectivity index is 1.44. The van der Waals surface area contributed by atoms with E-state index in [0.717, 1.165) is 16.6 Å². The van der Waals surface area contributed by atoms with E-state index < -0.39 is 0 Å². The Morgan fingerprint density at radius 2 is 1.79 bits per heavy atom. The van der Waals surface area contributed by atoms with Crippen LogP contribution in [0.2, 0.25) is 0 Å². The molecule has 0 aliphatic heterocycles. The first-order valence-electron chi connectivity index (χ1n) is 8.98. The maximum Gasteiger partial charge on any atom is 0.324 e. The van der Waals surface area contributed by atoms with Crippen molar-refractivity contribution in [1.82, 2.24) is 14.9 Å². The second-order valence-corrected chi connectivity index (χ2v) is 7.57. The molecule has 0 bridgehead atoms. The van der Waals surface area contributed by atoms with Gasteiger partial charge >= 0.3 is 6.03 Å². The number of urea groups is 1. The summed E-state index contributed by atoms with van der Waals surface area (Å²) in [5.74, 6) is 1.08. The molecular weight excluding hydrogens is 354 g/mol. The molecule has 0 unspecified atom stereocenters. The molecule has 2 heterocycles. The number of benzene rings is 2. The molecule has 0 aliphatic carbocycles. The minimum absolute atomic E-state index is 0.171. The Bertz CT molecular complexity index is 1120. The number of carbonyl (C=O) groups is 1. The SMILES string of the molecule is CC(C)(C)c1cc(NC(=O)Nc2ccc(-n3ncc4ccccc43)cc2)no1. The number of hydrogen-bond acceptors (Lipinski definition) is 4. The molecule has 0 spiro atoms. The van der Waals surface area contributed by atoms with Crippen molar-refractivity contribution < 1.29 is 9.32 Å². The standard InChI is InChI=1S/C21H21N5O2/c1-21(2,3)18-12-19(25-28-18)24-20(27)23-15-8-10-16(11-9-15)26-17-7-5-4-6-14(17)13-22-26/h4-13H,1-3H3,(H2,23,24,25,27). The molecule has 28 heavy (non-hydrogen) atoms. The van der Waals surface area contributed by atoms with Gasteiger partial charge in [-0.3, -0.25) is 5.32 Å². The summed E-state index contributed by atoms with van der Waals surface area (Å²) in [7, 11) is 0. The highest BCUT2D eigenvalue weighted by Crippen LogP contribution is 2.24. The van der Waals surface area contributed by atoms with Crippen molar-refractivity contribution in [3.8, 4) is 5.69 Å². The van der Waals surface area contributed by atoms with Gasteiger partial charge in [-0.2, -0.15) is 5.10 Å². The summed E-state index contributed by atoms with van der Waals surface area (Å²) in [6.07, 6.45) is 1.83. The van der Waals surface area contributed by atoms with Crippen LogP contribution in [0.1, 0.15) is 26.5 Å². The minimum Gasteiger partial charge on any atom is -0.359 e. The van der Waals surface area contributed by atoms with Gasteiger partial charge in [0, 0.05) is 22.6 Å². The van der Waals surface area contributed by atoms with Crippen LogP contribution in [0.5, 0.6) is 0 Å². The van der Waals surface area contributed by atoms with Crippen LogP contribution < -0.4 is 10.6 Å². The van der Waals surface area contributed by atoms with E-state index in [1.165, 1.54) is 0 Å². The summed E-state index contributed by atoms with van der Waals surface area (Å²) in [5, 5.41) is 14.9. The smallest absolute Gasteiger partial charge is 0.324 e. The topological polar surface area (TPSA) is 85.0 Å². The van der Waals surface area contributed by atoms with Gasteiger partial charge < -0.3 is 9.84 Å². The summed E-state index contributed by atoms with van der Waals surface area (Å²) in [5.41, 5.74) is 2.44. The van der Waals surface area contributed by atoms with Crippen LogP contribution in [0.4, 0.5) is 16.3 Å². The van der Waals surface area contributed by atoms with Crippen molar-refractivity contribution in [2.45, 2.75) is 26.2 Å². The van der Waals surface area contributed by atoms with Crippen LogP contribution in [0.25, 0.3) is 16.6 Å². The normalized spacial score (nSPS) is 11.5. The van der Waals surface area contributed by atoms with Crippen LogP contribution >= 0.6 is 0 Å². The molecular formula is C21H21N5O2. The van der Waals surface area contributed by atoms with Gasteiger partial charge in [0.15, 0.2) is 5.82 Å². The number of hydrogen-bond donors (Lipinski definition) is 2. The number of rotatable bonds is 3. The Hall–Kier alpha value is -3.61. The monoisotopic (exact) mass is 375 g/mol. The van der Waals surface area contributed by atoms with E-state index >= 15 is 0 Å². The third-order valence-corrected chi connectivity index (χ3v) is 4.34. The van der Waals surface area contributed by atoms with Gasteiger partial charge in [0.2, 0.25) is 0 Å². The van der Waals surface area contributed by atoms with Gasteiger partial charge in [-0.1, -0.05) is 44.1 Å². The maximum absolute atomic E-state index is 12.2. The third-order valence-electron chi connectivity index (χ3n) is 4.34. The van der Waals surface area contributed by atoms with Crippen molar-refractivity contribution in [2.24, 2.45) is 0 Å². The minimum atomic E-state index is -0.383. The summed E-state index contributed by atoms with van der Waals surface area (Å²) in [4.78, 5) is 12.2. The van der Waals surface area contributed by atoms with Gasteiger partial charge in [0.05, 0.1) is 17.4 Å². The lowest BCUT2D eigenvalue weighted by Gasteiger charge is -2.12. The Kier molecular flexibility index (Phi) is 4.35. The van der Waals surface area contributed by atoms with E-state index in [2.05, 4.69) is 20.9 Å². The fourth-order valence-corrected chi connectivity index (χ4v) is 2.83.